The number of aliphatic imine (C=N–C) groups is 1. The Labute approximate surface area is 182 Å². The first-order chi connectivity index (χ1) is 14.5. The average Bonchev–Trinajstić information content (AvgIpc) is 3.42. The van der Waals surface area contributed by atoms with Gasteiger partial charge in [0.2, 0.25) is 0 Å². The molecule has 1 aromatic heterocycles. The van der Waals surface area contributed by atoms with E-state index in [1.807, 2.05) is 24.3 Å². The van der Waals surface area contributed by atoms with Crippen molar-refractivity contribution in [2.75, 3.05) is 20.2 Å². The van der Waals surface area contributed by atoms with Gasteiger partial charge in [0.05, 0.1) is 12.2 Å². The van der Waals surface area contributed by atoms with E-state index >= 15 is 0 Å². The molecule has 162 valence electrons. The quantitative estimate of drug-likeness (QED) is 0.399. The average molecular weight is 430 g/mol. The second-order valence-electron chi connectivity index (χ2n) is 7.70. The van der Waals surface area contributed by atoms with Crippen LogP contribution in [0.15, 0.2) is 34.6 Å². The number of aromatic nitrogens is 1. The highest BCUT2D eigenvalue weighted by Crippen LogP contribution is 2.19. The summed E-state index contributed by atoms with van der Waals surface area (Å²) in [5.74, 6) is 1.87. The number of amides is 1. The molecular weight excluding hydrogens is 398 g/mol. The van der Waals surface area contributed by atoms with Crippen LogP contribution < -0.4 is 20.7 Å². The Kier molecular flexibility index (Phi) is 8.07. The van der Waals surface area contributed by atoms with E-state index in [9.17, 15) is 4.79 Å². The van der Waals surface area contributed by atoms with Gasteiger partial charge in [-0.3, -0.25) is 9.79 Å². The lowest BCUT2D eigenvalue weighted by Gasteiger charge is -2.11. The lowest BCUT2D eigenvalue weighted by molar-refractivity contribution is -0.123. The van der Waals surface area contributed by atoms with E-state index in [0.29, 0.717) is 24.3 Å². The van der Waals surface area contributed by atoms with E-state index in [-0.39, 0.29) is 12.5 Å². The van der Waals surface area contributed by atoms with Gasteiger partial charge in [-0.15, -0.1) is 11.3 Å². The van der Waals surface area contributed by atoms with E-state index in [4.69, 9.17) is 4.74 Å². The zero-order valence-electron chi connectivity index (χ0n) is 17.9. The van der Waals surface area contributed by atoms with Crippen molar-refractivity contribution in [3.8, 4) is 5.75 Å². The number of hydrogen-bond acceptors (Lipinski definition) is 5. The largest absolute Gasteiger partial charge is 0.484 e. The van der Waals surface area contributed by atoms with Gasteiger partial charge in [-0.05, 0) is 42.9 Å². The molecule has 1 fully saturated rings. The first-order valence-corrected chi connectivity index (χ1v) is 11.3. The molecule has 1 heterocycles. The Morgan fingerprint density at radius 1 is 1.27 bits per heavy atom. The Hall–Kier alpha value is -2.61. The van der Waals surface area contributed by atoms with Crippen molar-refractivity contribution in [2.45, 2.75) is 51.6 Å². The first-order valence-electron chi connectivity index (χ1n) is 10.4. The number of nitrogens with zero attached hydrogens (tertiary/aromatic N) is 2. The lowest BCUT2D eigenvalue weighted by atomic mass is 10.1. The smallest absolute Gasteiger partial charge is 0.258 e. The van der Waals surface area contributed by atoms with E-state index in [2.05, 4.69) is 45.2 Å². The van der Waals surface area contributed by atoms with E-state index < -0.39 is 0 Å². The zero-order valence-corrected chi connectivity index (χ0v) is 18.7. The van der Waals surface area contributed by atoms with Gasteiger partial charge in [0.15, 0.2) is 12.6 Å². The van der Waals surface area contributed by atoms with Crippen molar-refractivity contribution in [2.24, 2.45) is 4.99 Å². The second-order valence-corrected chi connectivity index (χ2v) is 8.64. The molecule has 0 unspecified atom stereocenters. The Bertz CT molecular complexity index is 843. The van der Waals surface area contributed by atoms with Crippen molar-refractivity contribution in [1.29, 1.82) is 0 Å². The van der Waals surface area contributed by atoms with Crippen LogP contribution in [0.5, 0.6) is 5.75 Å². The molecule has 8 heteroatoms. The minimum Gasteiger partial charge on any atom is -0.484 e. The highest BCUT2D eigenvalue weighted by molar-refractivity contribution is 7.09. The van der Waals surface area contributed by atoms with Gasteiger partial charge in [0.25, 0.3) is 5.91 Å². The number of ether oxygens (including phenoxy) is 1. The summed E-state index contributed by atoms with van der Waals surface area (Å²) in [7, 11) is 1.77. The SMILES string of the molecule is CN=C(NCCc1ccc(OCC(=O)NC2CC2)cc1)NCc1nc(C(C)C)cs1. The number of nitrogens with one attached hydrogen (secondary N) is 3. The monoisotopic (exact) mass is 429 g/mol. The molecule has 1 saturated carbocycles. The number of hydrogen-bond donors (Lipinski definition) is 3. The Morgan fingerprint density at radius 2 is 2.03 bits per heavy atom. The Morgan fingerprint density at radius 3 is 2.67 bits per heavy atom. The van der Waals surface area contributed by atoms with Gasteiger partial charge in [-0.2, -0.15) is 0 Å². The molecule has 0 aliphatic heterocycles. The fourth-order valence-corrected chi connectivity index (χ4v) is 3.67. The summed E-state index contributed by atoms with van der Waals surface area (Å²) in [6, 6.07) is 8.22. The summed E-state index contributed by atoms with van der Waals surface area (Å²) in [6.07, 6.45) is 3.02. The summed E-state index contributed by atoms with van der Waals surface area (Å²) in [4.78, 5) is 20.6. The summed E-state index contributed by atoms with van der Waals surface area (Å²) in [5, 5.41) is 12.7. The molecule has 0 spiro atoms. The summed E-state index contributed by atoms with van der Waals surface area (Å²) < 4.78 is 5.54. The number of rotatable bonds is 10. The molecule has 1 aliphatic rings. The van der Waals surface area contributed by atoms with Crippen molar-refractivity contribution in [3.05, 3.63) is 45.9 Å². The second kappa shape index (κ2) is 11.0. The molecule has 0 atom stereocenters. The molecule has 1 aliphatic carbocycles. The number of carbonyl (C=O) groups excluding carboxylic acids is 1. The minimum atomic E-state index is -0.0529. The predicted octanol–water partition coefficient (Wildman–Crippen LogP) is 2.83. The maximum absolute atomic E-state index is 11.7. The van der Waals surface area contributed by atoms with Gasteiger partial charge >= 0.3 is 0 Å². The highest BCUT2D eigenvalue weighted by Gasteiger charge is 2.23. The van der Waals surface area contributed by atoms with Gasteiger partial charge < -0.3 is 20.7 Å². The molecule has 1 amide bonds. The normalized spacial score (nSPS) is 13.9. The van der Waals surface area contributed by atoms with Crippen LogP contribution in [0.2, 0.25) is 0 Å². The van der Waals surface area contributed by atoms with Crippen molar-refractivity contribution < 1.29 is 9.53 Å². The topological polar surface area (TPSA) is 87.6 Å². The summed E-state index contributed by atoms with van der Waals surface area (Å²) in [5.41, 5.74) is 2.32. The first kappa shape index (κ1) is 22.1. The fourth-order valence-electron chi connectivity index (χ4n) is 2.77. The van der Waals surface area contributed by atoms with E-state index in [1.54, 1.807) is 18.4 Å². The van der Waals surface area contributed by atoms with Crippen LogP contribution in [0.1, 0.15) is 48.9 Å². The van der Waals surface area contributed by atoms with Gasteiger partial charge in [-0.25, -0.2) is 4.98 Å². The number of carbonyl (C=O) groups is 1. The molecule has 2 aromatic rings. The fraction of sp³-hybridized carbons (Fsp3) is 0.500. The maximum Gasteiger partial charge on any atom is 0.258 e. The molecule has 7 nitrogen and oxygen atoms in total. The van der Waals surface area contributed by atoms with Gasteiger partial charge in [-0.1, -0.05) is 26.0 Å². The van der Waals surface area contributed by atoms with Gasteiger partial charge in [0.1, 0.15) is 10.8 Å². The molecular formula is C22H31N5O2S. The third kappa shape index (κ3) is 7.33. The molecule has 0 bridgehead atoms. The van der Waals surface area contributed by atoms with Crippen LogP contribution in [-0.2, 0) is 17.8 Å². The molecule has 0 saturated heterocycles. The molecule has 3 rings (SSSR count). The molecule has 3 N–H and O–H groups in total. The summed E-state index contributed by atoms with van der Waals surface area (Å²) in [6.45, 7) is 5.79. The van der Waals surface area contributed by atoms with Crippen LogP contribution in [0, 0.1) is 0 Å². The lowest BCUT2D eigenvalue weighted by Crippen LogP contribution is -2.37. The molecule has 30 heavy (non-hydrogen) atoms. The van der Waals surface area contributed by atoms with Crippen LogP contribution >= 0.6 is 11.3 Å². The summed E-state index contributed by atoms with van der Waals surface area (Å²) >= 11 is 1.67. The third-order valence-electron chi connectivity index (χ3n) is 4.73. The van der Waals surface area contributed by atoms with Crippen LogP contribution in [0.3, 0.4) is 0 Å². The Balaban J connectivity index is 1.35. The zero-order chi connectivity index (χ0) is 21.3. The van der Waals surface area contributed by atoms with Gasteiger partial charge in [0, 0.05) is 25.0 Å². The standard InChI is InChI=1S/C22H31N5O2S/c1-15(2)19-14-30-21(27-19)12-25-22(23-3)24-11-10-16-4-8-18(9-5-16)29-13-20(28)26-17-6-7-17/h4-5,8-9,14-15,17H,6-7,10-13H2,1-3H3,(H,26,28)(H2,23,24,25). The van der Waals surface area contributed by atoms with E-state index in [0.717, 1.165) is 42.5 Å². The maximum atomic E-state index is 11.7. The molecule has 1 aromatic carbocycles. The predicted molar refractivity (Wildman–Crippen MR) is 121 cm³/mol. The molecule has 0 radical (unpaired) electrons. The van der Waals surface area contributed by atoms with Crippen molar-refractivity contribution >= 4 is 23.2 Å². The van der Waals surface area contributed by atoms with Crippen LogP contribution in [0.25, 0.3) is 0 Å². The highest BCUT2D eigenvalue weighted by atomic mass is 32.1. The van der Waals surface area contributed by atoms with Crippen molar-refractivity contribution in [3.63, 3.8) is 0 Å². The minimum absolute atomic E-state index is 0.0529. The van der Waals surface area contributed by atoms with Crippen molar-refractivity contribution in [1.82, 2.24) is 20.9 Å². The van der Waals surface area contributed by atoms with E-state index in [1.165, 1.54) is 5.56 Å². The number of thiazole rings is 1. The number of guanidine groups is 1. The third-order valence-corrected chi connectivity index (χ3v) is 5.60. The number of benzene rings is 1. The van der Waals surface area contributed by atoms with Crippen LogP contribution in [-0.4, -0.2) is 43.1 Å². The van der Waals surface area contributed by atoms with Crippen LogP contribution in [0.4, 0.5) is 0 Å².